The Morgan fingerprint density at radius 2 is 2.33 bits per heavy atom. The first-order valence-corrected chi connectivity index (χ1v) is 3.86. The lowest BCUT2D eigenvalue weighted by Crippen LogP contribution is -2.01. The highest BCUT2D eigenvalue weighted by Crippen LogP contribution is 2.19. The second-order valence-corrected chi connectivity index (χ2v) is 2.76. The number of rotatable bonds is 1. The highest BCUT2D eigenvalue weighted by Gasteiger charge is 2.05. The summed E-state index contributed by atoms with van der Waals surface area (Å²) < 4.78 is 0. The van der Waals surface area contributed by atoms with Crippen molar-refractivity contribution in [2.75, 3.05) is 6.54 Å². The van der Waals surface area contributed by atoms with Crippen molar-refractivity contribution in [1.29, 1.82) is 0 Å². The molecule has 1 aliphatic heterocycles. The Hall–Kier alpha value is -1.51. The molecule has 60 valence electrons. The summed E-state index contributed by atoms with van der Waals surface area (Å²) in [4.78, 5) is 14.3. The van der Waals surface area contributed by atoms with Crippen LogP contribution in [-0.4, -0.2) is 12.8 Å². The molecule has 0 spiro atoms. The molecule has 0 unspecified atom stereocenters. The van der Waals surface area contributed by atoms with Crippen molar-refractivity contribution < 1.29 is 0 Å². The maximum atomic E-state index is 10.2. The molecule has 0 aromatic heterocycles. The Morgan fingerprint density at radius 3 is 3.17 bits per heavy atom. The van der Waals surface area contributed by atoms with Crippen molar-refractivity contribution in [1.82, 2.24) is 0 Å². The van der Waals surface area contributed by atoms with Gasteiger partial charge in [-0.1, -0.05) is 6.07 Å². The van der Waals surface area contributed by atoms with E-state index >= 15 is 0 Å². The predicted octanol–water partition coefficient (Wildman–Crippen LogP) is 2.06. The van der Waals surface area contributed by atoms with Crippen LogP contribution in [0.2, 0.25) is 0 Å². The van der Waals surface area contributed by atoms with Crippen LogP contribution in [-0.2, 0) is 6.42 Å². The maximum absolute atomic E-state index is 10.2. The van der Waals surface area contributed by atoms with Crippen molar-refractivity contribution >= 4 is 11.9 Å². The van der Waals surface area contributed by atoms with Gasteiger partial charge in [0.2, 0.25) is 0 Å². The second-order valence-electron chi connectivity index (χ2n) is 2.76. The van der Waals surface area contributed by atoms with Crippen LogP contribution in [0.5, 0.6) is 0 Å². The molecule has 0 atom stereocenters. The Bertz CT molecular complexity index is 344. The van der Waals surface area contributed by atoms with E-state index < -0.39 is 0 Å². The van der Waals surface area contributed by atoms with Gasteiger partial charge in [0.1, 0.15) is 5.69 Å². The first kappa shape index (κ1) is 7.16. The van der Waals surface area contributed by atoms with Gasteiger partial charge < -0.3 is 0 Å². The van der Waals surface area contributed by atoms with Gasteiger partial charge in [-0.25, -0.2) is 0 Å². The van der Waals surface area contributed by atoms with Gasteiger partial charge in [0.25, 0.3) is 0 Å². The van der Waals surface area contributed by atoms with Crippen molar-refractivity contribution in [2.45, 2.75) is 6.42 Å². The lowest BCUT2D eigenvalue weighted by atomic mass is 10.0. The molecule has 0 saturated carbocycles. The molecule has 1 heterocycles. The number of aliphatic imine (C=N–C) groups is 1. The van der Waals surface area contributed by atoms with E-state index in [9.17, 15) is 4.91 Å². The van der Waals surface area contributed by atoms with Crippen LogP contribution in [0.3, 0.4) is 0 Å². The monoisotopic (exact) mass is 160 g/mol. The number of hydrogen-bond donors (Lipinski definition) is 0. The Balaban J connectivity index is 2.51. The van der Waals surface area contributed by atoms with Crippen LogP contribution >= 0.6 is 0 Å². The Kier molecular flexibility index (Phi) is 1.70. The minimum absolute atomic E-state index is 0.474. The zero-order chi connectivity index (χ0) is 8.39. The van der Waals surface area contributed by atoms with Crippen LogP contribution in [0.15, 0.2) is 28.4 Å². The Labute approximate surface area is 70.1 Å². The third kappa shape index (κ3) is 1.13. The lowest BCUT2D eigenvalue weighted by molar-refractivity contribution is 0.952. The van der Waals surface area contributed by atoms with Gasteiger partial charge in [0.05, 0.1) is 0 Å². The fourth-order valence-corrected chi connectivity index (χ4v) is 1.33. The van der Waals surface area contributed by atoms with Crippen molar-refractivity contribution in [3.63, 3.8) is 0 Å². The first-order chi connectivity index (χ1) is 5.90. The Morgan fingerprint density at radius 1 is 1.42 bits per heavy atom. The first-order valence-electron chi connectivity index (χ1n) is 3.86. The third-order valence-corrected chi connectivity index (χ3v) is 1.98. The second kappa shape index (κ2) is 2.85. The van der Waals surface area contributed by atoms with Gasteiger partial charge in [-0.15, -0.1) is 4.91 Å². The molecule has 1 aliphatic rings. The number of fused-ring (bicyclic) bond motifs is 1. The van der Waals surface area contributed by atoms with E-state index in [-0.39, 0.29) is 0 Å². The summed E-state index contributed by atoms with van der Waals surface area (Å²) in [6.07, 6.45) is 2.76. The van der Waals surface area contributed by atoms with E-state index in [1.54, 1.807) is 18.3 Å². The summed E-state index contributed by atoms with van der Waals surface area (Å²) in [5, 5.41) is 2.87. The van der Waals surface area contributed by atoms with Gasteiger partial charge in [-0.3, -0.25) is 4.99 Å². The molecule has 0 aliphatic carbocycles. The van der Waals surface area contributed by atoms with E-state index in [0.717, 1.165) is 18.5 Å². The fraction of sp³-hybridized carbons (Fsp3) is 0.222. The summed E-state index contributed by atoms with van der Waals surface area (Å²) >= 11 is 0. The van der Waals surface area contributed by atoms with Gasteiger partial charge in [0, 0.05) is 12.8 Å². The average molecular weight is 160 g/mol. The standard InChI is InChI=1S/C9H8N2O/c12-11-9-2-1-7-3-4-10-6-8(7)5-9/h1-2,5-6H,3-4H2. The number of nitroso groups, excluding NO2 is 1. The summed E-state index contributed by atoms with van der Waals surface area (Å²) in [6.45, 7) is 0.848. The van der Waals surface area contributed by atoms with E-state index in [2.05, 4.69) is 10.2 Å². The van der Waals surface area contributed by atoms with Crippen molar-refractivity contribution in [2.24, 2.45) is 10.2 Å². The molecule has 0 radical (unpaired) electrons. The lowest BCUT2D eigenvalue weighted by Gasteiger charge is -2.08. The molecule has 3 nitrogen and oxygen atoms in total. The van der Waals surface area contributed by atoms with Gasteiger partial charge in [0.15, 0.2) is 0 Å². The van der Waals surface area contributed by atoms with Gasteiger partial charge >= 0.3 is 0 Å². The molecule has 12 heavy (non-hydrogen) atoms. The van der Waals surface area contributed by atoms with Crippen LogP contribution in [0.4, 0.5) is 5.69 Å². The minimum Gasteiger partial charge on any atom is -0.292 e. The van der Waals surface area contributed by atoms with E-state index in [4.69, 9.17) is 0 Å². The highest BCUT2D eigenvalue weighted by molar-refractivity contribution is 5.84. The van der Waals surface area contributed by atoms with E-state index in [1.165, 1.54) is 5.56 Å². The zero-order valence-electron chi connectivity index (χ0n) is 6.53. The van der Waals surface area contributed by atoms with Crippen LogP contribution in [0, 0.1) is 4.91 Å². The van der Waals surface area contributed by atoms with E-state index in [0.29, 0.717) is 5.69 Å². The predicted molar refractivity (Wildman–Crippen MR) is 48.1 cm³/mol. The SMILES string of the molecule is O=Nc1ccc2c(c1)C=NCC2. The number of nitrogens with zero attached hydrogens (tertiary/aromatic N) is 2. The molecule has 1 aromatic carbocycles. The molecule has 0 saturated heterocycles. The average Bonchev–Trinajstić information content (AvgIpc) is 2.17. The zero-order valence-corrected chi connectivity index (χ0v) is 6.53. The summed E-state index contributed by atoms with van der Waals surface area (Å²) in [7, 11) is 0. The molecule has 2 rings (SSSR count). The molecule has 0 bridgehead atoms. The largest absolute Gasteiger partial charge is 0.292 e. The third-order valence-electron chi connectivity index (χ3n) is 1.98. The quantitative estimate of drug-likeness (QED) is 0.580. The van der Waals surface area contributed by atoms with Gasteiger partial charge in [-0.05, 0) is 34.9 Å². The van der Waals surface area contributed by atoms with Gasteiger partial charge in [-0.2, -0.15) is 0 Å². The molecule has 0 fully saturated rings. The highest BCUT2D eigenvalue weighted by atomic mass is 16.3. The summed E-state index contributed by atoms with van der Waals surface area (Å²) in [5.74, 6) is 0. The smallest absolute Gasteiger partial charge is 0.108 e. The molecule has 0 N–H and O–H groups in total. The molecular formula is C9H8N2O. The maximum Gasteiger partial charge on any atom is 0.108 e. The summed E-state index contributed by atoms with van der Waals surface area (Å²) in [6, 6.07) is 5.45. The summed E-state index contributed by atoms with van der Waals surface area (Å²) in [5.41, 5.74) is 2.75. The topological polar surface area (TPSA) is 41.8 Å². The molecule has 0 amide bonds. The van der Waals surface area contributed by atoms with Crippen LogP contribution in [0.25, 0.3) is 0 Å². The normalized spacial score (nSPS) is 14.0. The molecule has 1 aromatic rings. The van der Waals surface area contributed by atoms with Crippen LogP contribution < -0.4 is 0 Å². The van der Waals surface area contributed by atoms with E-state index in [1.807, 2.05) is 6.07 Å². The van der Waals surface area contributed by atoms with Crippen molar-refractivity contribution in [3.05, 3.63) is 34.2 Å². The fourth-order valence-electron chi connectivity index (χ4n) is 1.33. The molecule has 3 heteroatoms. The molecular weight excluding hydrogens is 152 g/mol. The minimum atomic E-state index is 0.474. The van der Waals surface area contributed by atoms with Crippen molar-refractivity contribution in [3.8, 4) is 0 Å². The van der Waals surface area contributed by atoms with Crippen LogP contribution in [0.1, 0.15) is 11.1 Å². The number of benzene rings is 1. The number of hydrogen-bond acceptors (Lipinski definition) is 3.